The Kier molecular flexibility index (Phi) is 4.43. The molecule has 1 aliphatic heterocycles. The lowest BCUT2D eigenvalue weighted by Crippen LogP contribution is -2.48. The summed E-state index contributed by atoms with van der Waals surface area (Å²) in [7, 11) is 0. The van der Waals surface area contributed by atoms with Crippen LogP contribution in [0.15, 0.2) is 47.3 Å². The van der Waals surface area contributed by atoms with Crippen molar-refractivity contribution in [2.24, 2.45) is 5.73 Å². The van der Waals surface area contributed by atoms with E-state index < -0.39 is 6.43 Å². The highest BCUT2D eigenvalue weighted by atomic mass is 19.3. The van der Waals surface area contributed by atoms with Gasteiger partial charge in [0.05, 0.1) is 11.9 Å². The number of benzene rings is 1. The Hall–Kier alpha value is -3.40. The molecule has 5 rings (SSSR count). The first-order chi connectivity index (χ1) is 14.5. The molecule has 2 N–H and O–H groups in total. The summed E-state index contributed by atoms with van der Waals surface area (Å²) in [4.78, 5) is 22.8. The summed E-state index contributed by atoms with van der Waals surface area (Å²) in [5, 5.41) is 4.22. The van der Waals surface area contributed by atoms with Crippen LogP contribution in [-0.2, 0) is 0 Å². The first kappa shape index (κ1) is 18.6. The minimum absolute atomic E-state index is 0.176. The van der Waals surface area contributed by atoms with Crippen LogP contribution in [0.3, 0.4) is 0 Å². The van der Waals surface area contributed by atoms with E-state index in [9.17, 15) is 13.6 Å². The van der Waals surface area contributed by atoms with Gasteiger partial charge in [0.1, 0.15) is 11.2 Å². The molecule has 0 aliphatic carbocycles. The van der Waals surface area contributed by atoms with Gasteiger partial charge in [0.25, 0.3) is 12.3 Å². The maximum absolute atomic E-state index is 13.4. The van der Waals surface area contributed by atoms with Crippen LogP contribution in [0.5, 0.6) is 0 Å². The van der Waals surface area contributed by atoms with Crippen molar-refractivity contribution < 1.29 is 18.0 Å². The van der Waals surface area contributed by atoms with Gasteiger partial charge in [0, 0.05) is 36.7 Å². The van der Waals surface area contributed by atoms with Crippen LogP contribution < -0.4 is 5.73 Å². The number of nitrogens with zero attached hydrogens (tertiary/aromatic N) is 5. The third kappa shape index (κ3) is 3.09. The number of fused-ring (bicyclic) bond motifs is 2. The van der Waals surface area contributed by atoms with Crippen LogP contribution in [-0.4, -0.2) is 49.5 Å². The van der Waals surface area contributed by atoms with Crippen molar-refractivity contribution in [3.63, 3.8) is 0 Å². The van der Waals surface area contributed by atoms with Gasteiger partial charge in [-0.25, -0.2) is 23.3 Å². The third-order valence-corrected chi connectivity index (χ3v) is 5.54. The number of amides is 1. The smallest absolute Gasteiger partial charge is 0.280 e. The number of halogens is 2. The fourth-order valence-electron chi connectivity index (χ4n) is 3.97. The van der Waals surface area contributed by atoms with Crippen molar-refractivity contribution >= 4 is 22.7 Å². The summed E-state index contributed by atoms with van der Waals surface area (Å²) < 4.78 is 33.5. The van der Waals surface area contributed by atoms with Gasteiger partial charge in [0.15, 0.2) is 17.6 Å². The van der Waals surface area contributed by atoms with Crippen molar-refractivity contribution in [1.82, 2.24) is 24.5 Å². The Morgan fingerprint density at radius 2 is 2.13 bits per heavy atom. The normalized spacial score (nSPS) is 19.8. The molecule has 0 spiro atoms. The molecule has 30 heavy (non-hydrogen) atoms. The number of nitrogens with two attached hydrogens (primary N) is 1. The first-order valence-corrected chi connectivity index (χ1v) is 9.52. The van der Waals surface area contributed by atoms with Crippen LogP contribution in [0.1, 0.15) is 40.5 Å². The highest BCUT2D eigenvalue weighted by Gasteiger charge is 2.33. The fourth-order valence-corrected chi connectivity index (χ4v) is 3.97. The second-order valence-corrected chi connectivity index (χ2v) is 7.35. The molecule has 0 saturated carbocycles. The molecule has 4 aromatic rings. The summed E-state index contributed by atoms with van der Waals surface area (Å²) >= 11 is 0. The molecule has 1 unspecified atom stereocenters. The van der Waals surface area contributed by atoms with Crippen molar-refractivity contribution in [3.05, 3.63) is 59.9 Å². The second-order valence-electron chi connectivity index (χ2n) is 7.35. The van der Waals surface area contributed by atoms with E-state index in [-0.39, 0.29) is 30.1 Å². The molecule has 1 aliphatic rings. The molecule has 8 nitrogen and oxygen atoms in total. The molecule has 2 atom stereocenters. The third-order valence-electron chi connectivity index (χ3n) is 5.54. The van der Waals surface area contributed by atoms with Gasteiger partial charge >= 0.3 is 0 Å². The maximum atomic E-state index is 13.4. The molecule has 3 aromatic heterocycles. The Morgan fingerprint density at radius 3 is 2.97 bits per heavy atom. The Labute approximate surface area is 169 Å². The molecule has 1 aromatic carbocycles. The lowest BCUT2D eigenvalue weighted by molar-refractivity contribution is 0.0691. The van der Waals surface area contributed by atoms with Crippen LogP contribution in [0, 0.1) is 0 Å². The van der Waals surface area contributed by atoms with Crippen molar-refractivity contribution in [2.75, 3.05) is 13.1 Å². The average Bonchev–Trinajstić information content (AvgIpc) is 3.41. The Bertz CT molecular complexity index is 1240. The van der Waals surface area contributed by atoms with E-state index in [1.54, 1.807) is 29.2 Å². The van der Waals surface area contributed by atoms with Crippen LogP contribution in [0.2, 0.25) is 0 Å². The molecule has 10 heteroatoms. The Balaban J connectivity index is 1.48. The van der Waals surface area contributed by atoms with E-state index in [1.165, 1.54) is 23.2 Å². The largest absolute Gasteiger partial charge is 0.443 e. The van der Waals surface area contributed by atoms with Gasteiger partial charge in [0.2, 0.25) is 0 Å². The molecule has 4 heterocycles. The average molecular weight is 412 g/mol. The predicted molar refractivity (Wildman–Crippen MR) is 103 cm³/mol. The minimum Gasteiger partial charge on any atom is -0.443 e. The number of carbonyl (C=O) groups excluding carboxylic acids is 1. The minimum atomic E-state index is -2.71. The van der Waals surface area contributed by atoms with E-state index in [0.29, 0.717) is 41.0 Å². The fraction of sp³-hybridized carbons (Fsp3) is 0.300. The quantitative estimate of drug-likeness (QED) is 0.555. The lowest BCUT2D eigenvalue weighted by atomic mass is 9.89. The van der Waals surface area contributed by atoms with Crippen LogP contribution in [0.4, 0.5) is 8.78 Å². The van der Waals surface area contributed by atoms with E-state index in [0.717, 1.165) is 0 Å². The molecular weight excluding hydrogens is 394 g/mol. The van der Waals surface area contributed by atoms with E-state index >= 15 is 0 Å². The molecule has 1 saturated heterocycles. The number of oxazole rings is 1. The highest BCUT2D eigenvalue weighted by Crippen LogP contribution is 2.30. The summed E-state index contributed by atoms with van der Waals surface area (Å²) in [5.41, 5.74) is 8.54. The van der Waals surface area contributed by atoms with Gasteiger partial charge in [-0.1, -0.05) is 0 Å². The summed E-state index contributed by atoms with van der Waals surface area (Å²) in [6.45, 7) is 0.760. The van der Waals surface area contributed by atoms with Gasteiger partial charge in [-0.2, -0.15) is 5.10 Å². The summed E-state index contributed by atoms with van der Waals surface area (Å²) in [6.07, 6.45) is 0.657. The van der Waals surface area contributed by atoms with Crippen molar-refractivity contribution in [1.29, 1.82) is 0 Å². The van der Waals surface area contributed by atoms with E-state index in [4.69, 9.17) is 10.2 Å². The number of aromatic nitrogens is 4. The zero-order chi connectivity index (χ0) is 20.8. The highest BCUT2D eigenvalue weighted by molar-refractivity contribution is 5.97. The molecule has 0 bridgehead atoms. The first-order valence-electron chi connectivity index (χ1n) is 9.52. The van der Waals surface area contributed by atoms with Gasteiger partial charge in [-0.05, 0) is 30.7 Å². The maximum Gasteiger partial charge on any atom is 0.280 e. The molecule has 1 amide bonds. The van der Waals surface area contributed by atoms with Crippen molar-refractivity contribution in [3.8, 4) is 0 Å². The number of hydrogen-bond acceptors (Lipinski definition) is 6. The SMILES string of the molecule is NC1CCN(C(=O)c2ccc3ncoc3c2)C[C@H]1c1cc(C(F)F)nc2ccnn12. The number of likely N-dealkylation sites (tertiary alicyclic amines) is 1. The zero-order valence-electron chi connectivity index (χ0n) is 15.8. The molecule has 1 fully saturated rings. The van der Waals surface area contributed by atoms with E-state index in [2.05, 4.69) is 15.1 Å². The molecule has 154 valence electrons. The summed E-state index contributed by atoms with van der Waals surface area (Å²) in [5.74, 6) is -0.537. The topological polar surface area (TPSA) is 103 Å². The Morgan fingerprint density at radius 1 is 1.27 bits per heavy atom. The monoisotopic (exact) mass is 412 g/mol. The number of hydrogen-bond donors (Lipinski definition) is 1. The number of carbonyl (C=O) groups is 1. The number of piperidine rings is 1. The standard InChI is InChI=1S/C20H18F2N6O2/c21-19(22)15-8-16(28-18(26-15)3-5-25-28)12-9-27(6-4-13(12)23)20(29)11-1-2-14-17(7-11)30-10-24-14/h1-3,5,7-8,10,12-13,19H,4,6,9,23H2/t12-,13?/m1/s1. The van der Waals surface area contributed by atoms with Gasteiger partial charge in [-0.15, -0.1) is 0 Å². The number of rotatable bonds is 3. The zero-order valence-corrected chi connectivity index (χ0v) is 15.8. The van der Waals surface area contributed by atoms with Crippen molar-refractivity contribution in [2.45, 2.75) is 24.8 Å². The lowest BCUT2D eigenvalue weighted by Gasteiger charge is -2.37. The van der Waals surface area contributed by atoms with Gasteiger partial charge < -0.3 is 15.1 Å². The van der Waals surface area contributed by atoms with E-state index in [1.807, 2.05) is 0 Å². The predicted octanol–water partition coefficient (Wildman–Crippen LogP) is 2.77. The molecular formula is C20H18F2N6O2. The second kappa shape index (κ2) is 7.13. The van der Waals surface area contributed by atoms with Crippen LogP contribution in [0.25, 0.3) is 16.7 Å². The van der Waals surface area contributed by atoms with Crippen LogP contribution >= 0.6 is 0 Å². The molecule has 0 radical (unpaired) electrons. The van der Waals surface area contributed by atoms with Gasteiger partial charge in [-0.3, -0.25) is 4.79 Å². The number of alkyl halides is 2. The summed E-state index contributed by atoms with van der Waals surface area (Å²) in [6, 6.07) is 7.68.